The molecule has 1 aromatic carbocycles. The number of nitrogens with zero attached hydrogens (tertiary/aromatic N) is 1. The molecule has 3 rings (SSSR count). The van der Waals surface area contributed by atoms with Crippen molar-refractivity contribution >= 4 is 23.2 Å². The van der Waals surface area contributed by atoms with Crippen molar-refractivity contribution in [1.29, 1.82) is 0 Å². The number of ether oxygens (including phenoxy) is 3. The average molecular weight is 381 g/mol. The summed E-state index contributed by atoms with van der Waals surface area (Å²) in [5.41, 5.74) is 0.483. The number of nitrogens with one attached hydrogen (secondary N) is 1. The second kappa shape index (κ2) is 7.88. The molecule has 0 radical (unpaired) electrons. The van der Waals surface area contributed by atoms with Crippen LogP contribution < -0.4 is 14.8 Å². The molecule has 138 valence electrons. The number of fused-ring (bicyclic) bond motifs is 1. The van der Waals surface area contributed by atoms with Crippen LogP contribution in [0.4, 0.5) is 10.2 Å². The Morgan fingerprint density at radius 3 is 2.92 bits per heavy atom. The predicted molar refractivity (Wildman–Crippen MR) is 95.1 cm³/mol. The van der Waals surface area contributed by atoms with Gasteiger partial charge in [0, 0.05) is 25.4 Å². The smallest absolute Gasteiger partial charge is 0.179 e. The van der Waals surface area contributed by atoms with Gasteiger partial charge < -0.3 is 19.5 Å². The number of halogens is 2. The third-order valence-electron chi connectivity index (χ3n) is 4.12. The summed E-state index contributed by atoms with van der Waals surface area (Å²) < 4.78 is 30.3. The molecule has 1 aromatic heterocycles. The molecule has 0 saturated carbocycles. The topological polar surface area (TPSA) is 69.7 Å². The number of carbonyl (C=O) groups excluding carboxylic acids is 1. The molecule has 0 saturated heterocycles. The van der Waals surface area contributed by atoms with E-state index in [1.807, 2.05) is 0 Å². The molecule has 1 aliphatic heterocycles. The zero-order valence-electron chi connectivity index (χ0n) is 14.3. The second-order valence-corrected chi connectivity index (χ2v) is 6.12. The SMILES string of the molecule is COCCOc1ccc(F)c(C(=O)C2CNc3ncc(Cl)cc32)c1OC. The molecule has 0 amide bonds. The van der Waals surface area contributed by atoms with Crippen molar-refractivity contribution in [3.05, 3.63) is 46.4 Å². The third-order valence-corrected chi connectivity index (χ3v) is 4.32. The van der Waals surface area contributed by atoms with Crippen LogP contribution in [0.5, 0.6) is 11.5 Å². The van der Waals surface area contributed by atoms with Gasteiger partial charge in [-0.3, -0.25) is 4.79 Å². The van der Waals surface area contributed by atoms with Gasteiger partial charge in [0.05, 0.1) is 30.2 Å². The average Bonchev–Trinajstić information content (AvgIpc) is 3.05. The van der Waals surface area contributed by atoms with Crippen LogP contribution in [0.25, 0.3) is 0 Å². The van der Waals surface area contributed by atoms with Crippen molar-refractivity contribution in [2.75, 3.05) is 39.3 Å². The molecule has 2 heterocycles. The van der Waals surface area contributed by atoms with Gasteiger partial charge in [-0.05, 0) is 18.2 Å². The molecule has 1 aliphatic rings. The number of anilines is 1. The highest BCUT2D eigenvalue weighted by atomic mass is 35.5. The number of hydrogen-bond acceptors (Lipinski definition) is 6. The molecule has 0 aliphatic carbocycles. The molecule has 2 aromatic rings. The Morgan fingerprint density at radius 1 is 1.38 bits per heavy atom. The van der Waals surface area contributed by atoms with Crippen LogP contribution in [0, 0.1) is 5.82 Å². The highest BCUT2D eigenvalue weighted by Gasteiger charge is 2.34. The summed E-state index contributed by atoms with van der Waals surface area (Å²) in [6.07, 6.45) is 1.49. The number of methoxy groups -OCH3 is 2. The molecule has 1 unspecified atom stereocenters. The van der Waals surface area contributed by atoms with Gasteiger partial charge in [-0.2, -0.15) is 0 Å². The molecule has 1 N–H and O–H groups in total. The first-order chi connectivity index (χ1) is 12.6. The van der Waals surface area contributed by atoms with Crippen LogP contribution in [0.15, 0.2) is 24.4 Å². The van der Waals surface area contributed by atoms with E-state index in [0.29, 0.717) is 29.6 Å². The van der Waals surface area contributed by atoms with Crippen LogP contribution in [-0.2, 0) is 4.74 Å². The van der Waals surface area contributed by atoms with E-state index in [1.54, 1.807) is 13.2 Å². The summed E-state index contributed by atoms with van der Waals surface area (Å²) in [6.45, 7) is 0.909. The zero-order valence-corrected chi connectivity index (χ0v) is 15.1. The van der Waals surface area contributed by atoms with Gasteiger partial charge in [0.15, 0.2) is 17.3 Å². The molecular weight excluding hydrogens is 363 g/mol. The van der Waals surface area contributed by atoms with Crippen molar-refractivity contribution in [3.8, 4) is 11.5 Å². The number of carbonyl (C=O) groups is 1. The van der Waals surface area contributed by atoms with Gasteiger partial charge in [0.25, 0.3) is 0 Å². The van der Waals surface area contributed by atoms with Crippen LogP contribution >= 0.6 is 11.6 Å². The lowest BCUT2D eigenvalue weighted by Crippen LogP contribution is -2.18. The second-order valence-electron chi connectivity index (χ2n) is 5.68. The maximum atomic E-state index is 14.5. The van der Waals surface area contributed by atoms with Crippen LogP contribution in [-0.4, -0.2) is 44.7 Å². The monoisotopic (exact) mass is 380 g/mol. The van der Waals surface area contributed by atoms with Gasteiger partial charge >= 0.3 is 0 Å². The van der Waals surface area contributed by atoms with Crippen molar-refractivity contribution in [1.82, 2.24) is 4.98 Å². The third kappa shape index (κ3) is 3.45. The Balaban J connectivity index is 1.97. The van der Waals surface area contributed by atoms with Crippen molar-refractivity contribution in [3.63, 3.8) is 0 Å². The summed E-state index contributed by atoms with van der Waals surface area (Å²) in [6, 6.07) is 4.28. The lowest BCUT2D eigenvalue weighted by atomic mass is 9.92. The lowest BCUT2D eigenvalue weighted by molar-refractivity contribution is 0.0957. The van der Waals surface area contributed by atoms with E-state index < -0.39 is 17.5 Å². The van der Waals surface area contributed by atoms with E-state index in [1.165, 1.54) is 25.4 Å². The number of Topliss-reactive ketones (excluding diaryl/α,β-unsaturated/α-hetero) is 1. The largest absolute Gasteiger partial charge is 0.492 e. The van der Waals surface area contributed by atoms with Crippen LogP contribution in [0.3, 0.4) is 0 Å². The fourth-order valence-electron chi connectivity index (χ4n) is 2.91. The standard InChI is InChI=1S/C18H18ClFN2O4/c1-24-5-6-26-14-4-3-13(20)15(17(14)25-2)16(23)12-9-22-18-11(12)7-10(19)8-21-18/h3-4,7-8,12H,5-6,9H2,1-2H3,(H,21,22). The van der Waals surface area contributed by atoms with Crippen LogP contribution in [0.2, 0.25) is 5.02 Å². The van der Waals surface area contributed by atoms with E-state index in [4.69, 9.17) is 25.8 Å². The molecule has 1 atom stereocenters. The maximum absolute atomic E-state index is 14.5. The number of pyridine rings is 1. The number of aromatic nitrogens is 1. The predicted octanol–water partition coefficient (Wildman–Crippen LogP) is 3.30. The number of benzene rings is 1. The number of hydrogen-bond donors (Lipinski definition) is 1. The molecule has 0 spiro atoms. The van der Waals surface area contributed by atoms with Gasteiger partial charge in [0.2, 0.25) is 0 Å². The van der Waals surface area contributed by atoms with E-state index in [2.05, 4.69) is 10.3 Å². The maximum Gasteiger partial charge on any atom is 0.179 e. The van der Waals surface area contributed by atoms with Gasteiger partial charge in [-0.15, -0.1) is 0 Å². The summed E-state index contributed by atoms with van der Waals surface area (Å²) in [5, 5.41) is 3.45. The van der Waals surface area contributed by atoms with Crippen LogP contribution in [0.1, 0.15) is 21.8 Å². The summed E-state index contributed by atoms with van der Waals surface area (Å²) in [7, 11) is 2.91. The summed E-state index contributed by atoms with van der Waals surface area (Å²) in [5.74, 6) is -0.797. The first-order valence-electron chi connectivity index (χ1n) is 7.98. The Bertz CT molecular complexity index is 831. The quantitative estimate of drug-likeness (QED) is 0.587. The molecule has 8 heteroatoms. The highest BCUT2D eigenvalue weighted by molar-refractivity contribution is 6.30. The van der Waals surface area contributed by atoms with Crippen molar-refractivity contribution in [2.24, 2.45) is 0 Å². The molecular formula is C18H18ClFN2O4. The fourth-order valence-corrected chi connectivity index (χ4v) is 3.07. The van der Waals surface area contributed by atoms with Gasteiger partial charge in [-0.1, -0.05) is 11.6 Å². The normalized spacial score (nSPS) is 15.3. The van der Waals surface area contributed by atoms with E-state index in [-0.39, 0.29) is 23.7 Å². The minimum Gasteiger partial charge on any atom is -0.492 e. The number of rotatable bonds is 7. The first kappa shape index (κ1) is 18.4. The Labute approximate surface area is 155 Å². The van der Waals surface area contributed by atoms with Crippen molar-refractivity contribution < 1.29 is 23.4 Å². The lowest BCUT2D eigenvalue weighted by Gasteiger charge is -2.17. The van der Waals surface area contributed by atoms with E-state index >= 15 is 0 Å². The molecule has 26 heavy (non-hydrogen) atoms. The number of ketones is 1. The highest BCUT2D eigenvalue weighted by Crippen LogP contribution is 2.39. The Hall–Kier alpha value is -2.38. The zero-order chi connectivity index (χ0) is 18.7. The summed E-state index contributed by atoms with van der Waals surface area (Å²) >= 11 is 5.99. The molecule has 0 fully saturated rings. The minimum absolute atomic E-state index is 0.0644. The van der Waals surface area contributed by atoms with E-state index in [9.17, 15) is 9.18 Å². The Kier molecular flexibility index (Phi) is 5.58. The molecule has 6 nitrogen and oxygen atoms in total. The van der Waals surface area contributed by atoms with Gasteiger partial charge in [0.1, 0.15) is 18.2 Å². The van der Waals surface area contributed by atoms with Gasteiger partial charge in [-0.25, -0.2) is 9.37 Å². The van der Waals surface area contributed by atoms with Crippen molar-refractivity contribution in [2.45, 2.75) is 5.92 Å². The van der Waals surface area contributed by atoms with E-state index in [0.717, 1.165) is 0 Å². The summed E-state index contributed by atoms with van der Waals surface area (Å²) in [4.78, 5) is 17.3. The molecule has 0 bridgehead atoms. The first-order valence-corrected chi connectivity index (χ1v) is 8.36. The minimum atomic E-state index is -0.672. The Morgan fingerprint density at radius 2 is 2.19 bits per heavy atom. The fraction of sp³-hybridized carbons (Fsp3) is 0.333.